The number of benzene rings is 2. The average molecular weight is 343 g/mol. The Labute approximate surface area is 129 Å². The lowest BCUT2D eigenvalue weighted by Gasteiger charge is -2.07. The monoisotopic (exact) mass is 342 g/mol. The minimum atomic E-state index is 0.113. The van der Waals surface area contributed by atoms with Gasteiger partial charge in [-0.15, -0.1) is 11.3 Å². The smallest absolute Gasteiger partial charge is 0.194 e. The molecular formula is C17H11BrOS. The van der Waals surface area contributed by atoms with Crippen molar-refractivity contribution in [2.24, 2.45) is 0 Å². The van der Waals surface area contributed by atoms with Crippen LogP contribution in [0.4, 0.5) is 0 Å². The highest BCUT2D eigenvalue weighted by molar-refractivity contribution is 9.11. The number of aryl methyl sites for hydroxylation is 2. The summed E-state index contributed by atoms with van der Waals surface area (Å²) in [5.74, 6) is 0.113. The zero-order valence-corrected chi connectivity index (χ0v) is 13.1. The second-order valence-corrected chi connectivity index (χ2v) is 7.37. The van der Waals surface area contributed by atoms with Crippen molar-refractivity contribution < 1.29 is 4.79 Å². The van der Waals surface area contributed by atoms with Crippen molar-refractivity contribution in [3.63, 3.8) is 0 Å². The Morgan fingerprint density at radius 1 is 1.10 bits per heavy atom. The van der Waals surface area contributed by atoms with E-state index in [4.69, 9.17) is 0 Å². The van der Waals surface area contributed by atoms with Crippen LogP contribution in [0.15, 0.2) is 45.6 Å². The number of carbonyl (C=O) groups excluding carboxylic acids is 1. The lowest BCUT2D eigenvalue weighted by Crippen LogP contribution is -2.01. The third-order valence-corrected chi connectivity index (χ3v) is 5.46. The maximum absolute atomic E-state index is 12.7. The molecule has 1 aliphatic rings. The van der Waals surface area contributed by atoms with Gasteiger partial charge in [0.2, 0.25) is 0 Å². The summed E-state index contributed by atoms with van der Waals surface area (Å²) in [5, 5.41) is 4.31. The van der Waals surface area contributed by atoms with E-state index in [1.54, 1.807) is 11.3 Å². The van der Waals surface area contributed by atoms with Gasteiger partial charge in [0.25, 0.3) is 0 Å². The third kappa shape index (κ3) is 1.77. The fourth-order valence-corrected chi connectivity index (χ4v) is 4.17. The quantitative estimate of drug-likeness (QED) is 0.599. The number of rotatable bonds is 2. The first-order chi connectivity index (χ1) is 9.74. The zero-order valence-electron chi connectivity index (χ0n) is 10.7. The Balaban J connectivity index is 1.95. The molecule has 3 aromatic rings. The van der Waals surface area contributed by atoms with E-state index in [1.165, 1.54) is 16.5 Å². The van der Waals surface area contributed by atoms with Crippen molar-refractivity contribution in [1.82, 2.24) is 0 Å². The van der Waals surface area contributed by atoms with Crippen LogP contribution in [0.1, 0.15) is 27.0 Å². The minimum absolute atomic E-state index is 0.113. The van der Waals surface area contributed by atoms with Gasteiger partial charge in [-0.25, -0.2) is 0 Å². The molecule has 0 spiro atoms. The number of hydrogen-bond acceptors (Lipinski definition) is 2. The largest absolute Gasteiger partial charge is 0.289 e. The Bertz CT molecular complexity index is 837. The highest BCUT2D eigenvalue weighted by atomic mass is 79.9. The molecule has 0 atom stereocenters. The Kier molecular flexibility index (Phi) is 2.79. The highest BCUT2D eigenvalue weighted by Gasteiger charge is 2.19. The molecule has 1 nitrogen and oxygen atoms in total. The van der Waals surface area contributed by atoms with E-state index in [-0.39, 0.29) is 5.78 Å². The fraction of sp³-hybridized carbons (Fsp3) is 0.118. The molecule has 4 rings (SSSR count). The lowest BCUT2D eigenvalue weighted by molar-refractivity contribution is 0.104. The maximum atomic E-state index is 12.7. The van der Waals surface area contributed by atoms with Crippen LogP contribution in [0.5, 0.6) is 0 Å². The zero-order chi connectivity index (χ0) is 13.7. The molecule has 0 bridgehead atoms. The molecule has 0 saturated heterocycles. The first-order valence-electron chi connectivity index (χ1n) is 6.56. The summed E-state index contributed by atoms with van der Waals surface area (Å²) in [5.41, 5.74) is 4.33. The fourth-order valence-electron chi connectivity index (χ4n) is 3.03. The van der Waals surface area contributed by atoms with E-state index < -0.39 is 0 Å². The Morgan fingerprint density at radius 3 is 2.65 bits per heavy atom. The molecule has 0 unspecified atom stereocenters. The van der Waals surface area contributed by atoms with E-state index in [0.29, 0.717) is 0 Å². The second-order valence-electron chi connectivity index (χ2n) is 5.08. The summed E-state index contributed by atoms with van der Waals surface area (Å²) < 4.78 is 0.992. The minimum Gasteiger partial charge on any atom is -0.289 e. The molecule has 2 aromatic carbocycles. The molecule has 1 heterocycles. The topological polar surface area (TPSA) is 17.1 Å². The first-order valence-corrected chi connectivity index (χ1v) is 8.23. The van der Waals surface area contributed by atoms with Gasteiger partial charge < -0.3 is 0 Å². The molecule has 20 heavy (non-hydrogen) atoms. The van der Waals surface area contributed by atoms with Gasteiger partial charge in [0, 0.05) is 16.5 Å². The Morgan fingerprint density at radius 2 is 1.90 bits per heavy atom. The highest BCUT2D eigenvalue weighted by Crippen LogP contribution is 2.34. The number of thiophene rings is 1. The molecule has 0 N–H and O–H groups in total. The van der Waals surface area contributed by atoms with E-state index >= 15 is 0 Å². The van der Waals surface area contributed by atoms with Crippen molar-refractivity contribution in [3.8, 4) is 0 Å². The normalized spacial score (nSPS) is 13.1. The van der Waals surface area contributed by atoms with Gasteiger partial charge in [-0.1, -0.05) is 30.3 Å². The predicted molar refractivity (Wildman–Crippen MR) is 86.8 cm³/mol. The van der Waals surface area contributed by atoms with Crippen LogP contribution in [-0.4, -0.2) is 5.78 Å². The molecule has 98 valence electrons. The van der Waals surface area contributed by atoms with Crippen molar-refractivity contribution in [2.45, 2.75) is 12.8 Å². The number of carbonyl (C=O) groups is 1. The summed E-state index contributed by atoms with van der Waals surface area (Å²) in [4.78, 5) is 12.7. The van der Waals surface area contributed by atoms with Crippen molar-refractivity contribution in [2.75, 3.05) is 0 Å². The SMILES string of the molecule is O=C(c1csc(Br)c1)c1ccc2c3c(cccc13)CC2. The van der Waals surface area contributed by atoms with E-state index in [1.807, 2.05) is 17.5 Å². The maximum Gasteiger partial charge on any atom is 0.194 e. The van der Waals surface area contributed by atoms with E-state index in [9.17, 15) is 4.79 Å². The molecule has 1 aliphatic carbocycles. The Hall–Kier alpha value is -1.45. The van der Waals surface area contributed by atoms with E-state index in [2.05, 4.69) is 40.2 Å². The van der Waals surface area contributed by atoms with Gasteiger partial charge in [0.15, 0.2) is 5.78 Å². The van der Waals surface area contributed by atoms with Gasteiger partial charge in [0.1, 0.15) is 0 Å². The summed E-state index contributed by atoms with van der Waals surface area (Å²) in [6, 6.07) is 12.3. The van der Waals surface area contributed by atoms with Crippen molar-refractivity contribution in [3.05, 3.63) is 67.8 Å². The molecule has 0 aliphatic heterocycles. The number of halogens is 1. The lowest BCUT2D eigenvalue weighted by atomic mass is 9.96. The molecule has 3 heteroatoms. The predicted octanol–water partition coefficient (Wildman–Crippen LogP) is 4.99. The first kappa shape index (κ1) is 12.3. The van der Waals surface area contributed by atoms with Gasteiger partial charge in [0.05, 0.1) is 3.79 Å². The standard InChI is InChI=1S/C17H11BrOS/c18-15-8-12(9-20-15)17(19)14-7-6-11-5-4-10-2-1-3-13(14)16(10)11/h1-3,6-9H,4-5H2. The molecule has 0 fully saturated rings. The van der Waals surface area contributed by atoms with Crippen LogP contribution in [0.25, 0.3) is 10.8 Å². The van der Waals surface area contributed by atoms with Gasteiger partial charge in [-0.05, 0) is 56.7 Å². The van der Waals surface area contributed by atoms with Crippen LogP contribution >= 0.6 is 27.3 Å². The summed E-state index contributed by atoms with van der Waals surface area (Å²) in [6.45, 7) is 0. The molecule has 0 saturated carbocycles. The molecule has 0 radical (unpaired) electrons. The van der Waals surface area contributed by atoms with E-state index in [0.717, 1.165) is 33.1 Å². The van der Waals surface area contributed by atoms with Crippen LogP contribution in [0.3, 0.4) is 0 Å². The van der Waals surface area contributed by atoms with Crippen molar-refractivity contribution >= 4 is 43.8 Å². The average Bonchev–Trinajstić information content (AvgIpc) is 3.07. The molecule has 0 amide bonds. The second kappa shape index (κ2) is 4.54. The summed E-state index contributed by atoms with van der Waals surface area (Å²) >= 11 is 4.97. The van der Waals surface area contributed by atoms with Crippen LogP contribution < -0.4 is 0 Å². The van der Waals surface area contributed by atoms with Crippen molar-refractivity contribution in [1.29, 1.82) is 0 Å². The summed E-state index contributed by atoms with van der Waals surface area (Å²) in [7, 11) is 0. The number of ketones is 1. The third-order valence-electron chi connectivity index (χ3n) is 3.95. The summed E-state index contributed by atoms with van der Waals surface area (Å²) in [6.07, 6.45) is 2.18. The van der Waals surface area contributed by atoms with Gasteiger partial charge in [-0.3, -0.25) is 4.79 Å². The molecular weight excluding hydrogens is 332 g/mol. The van der Waals surface area contributed by atoms with Gasteiger partial charge in [-0.2, -0.15) is 0 Å². The number of hydrogen-bond donors (Lipinski definition) is 0. The van der Waals surface area contributed by atoms with Gasteiger partial charge >= 0.3 is 0 Å². The van der Waals surface area contributed by atoms with Crippen LogP contribution in [0, 0.1) is 0 Å². The van der Waals surface area contributed by atoms with Crippen LogP contribution in [0.2, 0.25) is 0 Å². The molecule has 1 aromatic heterocycles. The van der Waals surface area contributed by atoms with Crippen LogP contribution in [-0.2, 0) is 12.8 Å².